The van der Waals surface area contributed by atoms with E-state index in [9.17, 15) is 22.4 Å². The largest absolute Gasteiger partial charge is 0.573 e. The van der Waals surface area contributed by atoms with E-state index in [1.165, 1.54) is 42.1 Å². The average molecular weight is 453 g/mol. The van der Waals surface area contributed by atoms with Crippen LogP contribution in [-0.2, 0) is 10.3 Å². The number of nitrogens with zero attached hydrogens (tertiary/aromatic N) is 1. The first-order valence-electron chi connectivity index (χ1n) is 9.17. The molecule has 0 fully saturated rings. The number of hydrogen-bond acceptors (Lipinski definition) is 5. The molecule has 31 heavy (non-hydrogen) atoms. The lowest BCUT2D eigenvalue weighted by Gasteiger charge is -2.30. The number of nitrogens with one attached hydrogen (secondary N) is 1. The molecule has 1 unspecified atom stereocenters. The predicted octanol–water partition coefficient (Wildman–Crippen LogP) is 5.04. The minimum absolute atomic E-state index is 0.00528. The third kappa shape index (κ3) is 6.24. The van der Waals surface area contributed by atoms with Crippen LogP contribution in [0.1, 0.15) is 24.5 Å². The van der Waals surface area contributed by atoms with E-state index in [2.05, 4.69) is 15.0 Å². The summed E-state index contributed by atoms with van der Waals surface area (Å²) in [6, 6.07) is 9.36. The summed E-state index contributed by atoms with van der Waals surface area (Å²) >= 11 is 1.45. The van der Waals surface area contributed by atoms with Crippen LogP contribution < -0.4 is 15.8 Å². The van der Waals surface area contributed by atoms with Gasteiger partial charge in [0, 0.05) is 11.8 Å². The van der Waals surface area contributed by atoms with Gasteiger partial charge in [-0.3, -0.25) is 9.79 Å². The predicted molar refractivity (Wildman–Crippen MR) is 113 cm³/mol. The molecule has 3 rings (SSSR count). The van der Waals surface area contributed by atoms with Crippen molar-refractivity contribution < 1.29 is 27.1 Å². The van der Waals surface area contributed by atoms with Gasteiger partial charge in [0.15, 0.2) is 5.17 Å². The molecule has 5 nitrogen and oxygen atoms in total. The first-order valence-corrected chi connectivity index (χ1v) is 10.2. The van der Waals surface area contributed by atoms with Crippen LogP contribution in [0.25, 0.3) is 6.08 Å². The molecular weight excluding hydrogens is 434 g/mol. The van der Waals surface area contributed by atoms with Crippen molar-refractivity contribution in [3.8, 4) is 5.75 Å². The normalized spacial score (nSPS) is 19.2. The Kier molecular flexibility index (Phi) is 6.59. The number of hydrogen-bond donors (Lipinski definition) is 2. The minimum atomic E-state index is -4.78. The van der Waals surface area contributed by atoms with E-state index >= 15 is 0 Å². The smallest absolute Gasteiger partial charge is 0.406 e. The highest BCUT2D eigenvalue weighted by atomic mass is 32.2. The first-order chi connectivity index (χ1) is 14.5. The van der Waals surface area contributed by atoms with Gasteiger partial charge in [0.2, 0.25) is 5.91 Å². The van der Waals surface area contributed by atoms with Crippen LogP contribution in [0.15, 0.2) is 53.5 Å². The highest BCUT2D eigenvalue weighted by Gasteiger charge is 2.31. The van der Waals surface area contributed by atoms with Crippen LogP contribution in [0.2, 0.25) is 0 Å². The van der Waals surface area contributed by atoms with Crippen molar-refractivity contribution >= 4 is 34.6 Å². The lowest BCUT2D eigenvalue weighted by atomic mass is 9.89. The number of amides is 1. The van der Waals surface area contributed by atoms with E-state index in [4.69, 9.17) is 5.73 Å². The number of benzene rings is 2. The standard InChI is InChI=1S/C21H19F4N3O2S/c1-20(10-11-31-19(26)28-20)14-5-8-16(22)17(12-14)27-18(29)9-4-13-2-6-15(7-3-13)30-21(23,24)25/h2-9,12H,10-11H2,1H3,(H2,26,28)(H,27,29). The molecule has 1 heterocycles. The van der Waals surface area contributed by atoms with Crippen molar-refractivity contribution in [2.45, 2.75) is 25.2 Å². The summed E-state index contributed by atoms with van der Waals surface area (Å²) in [5.41, 5.74) is 6.40. The molecular formula is C21H19F4N3O2S. The molecule has 3 N–H and O–H groups in total. The lowest BCUT2D eigenvalue weighted by molar-refractivity contribution is -0.274. The van der Waals surface area contributed by atoms with E-state index in [1.807, 2.05) is 6.92 Å². The SMILES string of the molecule is CC1(c2ccc(F)c(NC(=O)C=Cc3ccc(OC(F)(F)F)cc3)c2)CCSC(N)=N1. The van der Waals surface area contributed by atoms with Gasteiger partial charge in [-0.25, -0.2) is 4.39 Å². The van der Waals surface area contributed by atoms with Gasteiger partial charge in [0.05, 0.1) is 11.2 Å². The molecule has 0 radical (unpaired) electrons. The number of rotatable bonds is 5. The summed E-state index contributed by atoms with van der Waals surface area (Å²) in [6.45, 7) is 1.89. The Hall–Kier alpha value is -3.01. The zero-order valence-electron chi connectivity index (χ0n) is 16.4. The monoisotopic (exact) mass is 453 g/mol. The second-order valence-electron chi connectivity index (χ2n) is 6.96. The fraction of sp³-hybridized carbons (Fsp3) is 0.238. The first kappa shape index (κ1) is 22.7. The molecule has 1 aliphatic rings. The second kappa shape index (κ2) is 9.01. The van der Waals surface area contributed by atoms with Gasteiger partial charge >= 0.3 is 6.36 Å². The number of aliphatic imine (C=N–C) groups is 1. The fourth-order valence-electron chi connectivity index (χ4n) is 2.98. The Morgan fingerprint density at radius 1 is 1.26 bits per heavy atom. The Labute approximate surface area is 180 Å². The van der Waals surface area contributed by atoms with E-state index < -0.39 is 23.6 Å². The number of amidine groups is 1. The van der Waals surface area contributed by atoms with Crippen molar-refractivity contribution in [2.24, 2.45) is 10.7 Å². The molecule has 10 heteroatoms. The molecule has 0 aliphatic carbocycles. The molecule has 0 aromatic heterocycles. The summed E-state index contributed by atoms with van der Waals surface area (Å²) < 4.78 is 54.6. The number of carbonyl (C=O) groups excluding carboxylic acids is 1. The molecule has 164 valence electrons. The highest BCUT2D eigenvalue weighted by Crippen LogP contribution is 2.36. The molecule has 1 atom stereocenters. The molecule has 2 aromatic carbocycles. The van der Waals surface area contributed by atoms with Crippen LogP contribution in [0.4, 0.5) is 23.2 Å². The van der Waals surface area contributed by atoms with Crippen molar-refractivity contribution in [1.29, 1.82) is 0 Å². The van der Waals surface area contributed by atoms with Crippen LogP contribution in [-0.4, -0.2) is 23.2 Å². The van der Waals surface area contributed by atoms with Crippen LogP contribution in [0, 0.1) is 5.82 Å². The highest BCUT2D eigenvalue weighted by molar-refractivity contribution is 8.13. The van der Waals surface area contributed by atoms with Gasteiger partial charge < -0.3 is 15.8 Å². The van der Waals surface area contributed by atoms with Gasteiger partial charge in [-0.2, -0.15) is 0 Å². The number of carbonyl (C=O) groups is 1. The molecule has 0 saturated carbocycles. The summed E-state index contributed by atoms with van der Waals surface area (Å²) in [5.74, 6) is -0.796. The number of halogens is 4. The van der Waals surface area contributed by atoms with Gasteiger partial charge in [0.25, 0.3) is 0 Å². The van der Waals surface area contributed by atoms with Gasteiger partial charge in [-0.05, 0) is 54.8 Å². The number of thioether (sulfide) groups is 1. The zero-order valence-corrected chi connectivity index (χ0v) is 17.2. The maximum atomic E-state index is 14.2. The molecule has 2 aromatic rings. The number of nitrogens with two attached hydrogens (primary N) is 1. The van der Waals surface area contributed by atoms with E-state index in [-0.39, 0.29) is 11.4 Å². The van der Waals surface area contributed by atoms with Gasteiger partial charge in [-0.1, -0.05) is 30.0 Å². The average Bonchev–Trinajstić information content (AvgIpc) is 2.68. The van der Waals surface area contributed by atoms with Crippen molar-refractivity contribution in [1.82, 2.24) is 0 Å². The van der Waals surface area contributed by atoms with Gasteiger partial charge in [0.1, 0.15) is 11.6 Å². The third-order valence-corrected chi connectivity index (χ3v) is 5.38. The van der Waals surface area contributed by atoms with Crippen LogP contribution >= 0.6 is 11.8 Å². The molecule has 1 aliphatic heterocycles. The van der Waals surface area contributed by atoms with E-state index in [0.29, 0.717) is 17.2 Å². The van der Waals surface area contributed by atoms with Crippen molar-refractivity contribution in [2.75, 3.05) is 11.1 Å². The van der Waals surface area contributed by atoms with E-state index in [0.717, 1.165) is 29.5 Å². The number of alkyl halides is 3. The minimum Gasteiger partial charge on any atom is -0.406 e. The number of anilines is 1. The second-order valence-corrected chi connectivity index (χ2v) is 8.07. The summed E-state index contributed by atoms with van der Waals surface area (Å²) in [7, 11) is 0. The lowest BCUT2D eigenvalue weighted by Crippen LogP contribution is -2.29. The summed E-state index contributed by atoms with van der Waals surface area (Å²) in [6.07, 6.45) is -1.52. The van der Waals surface area contributed by atoms with Crippen molar-refractivity contribution in [3.05, 3.63) is 65.5 Å². The topological polar surface area (TPSA) is 76.7 Å². The summed E-state index contributed by atoms with van der Waals surface area (Å²) in [4.78, 5) is 16.7. The van der Waals surface area contributed by atoms with Gasteiger partial charge in [-0.15, -0.1) is 13.2 Å². The molecule has 1 amide bonds. The van der Waals surface area contributed by atoms with Crippen LogP contribution in [0.5, 0.6) is 5.75 Å². The Morgan fingerprint density at radius 2 is 1.97 bits per heavy atom. The number of ether oxygens (including phenoxy) is 1. The van der Waals surface area contributed by atoms with Crippen molar-refractivity contribution in [3.63, 3.8) is 0 Å². The Morgan fingerprint density at radius 3 is 2.61 bits per heavy atom. The maximum Gasteiger partial charge on any atom is 0.573 e. The molecule has 0 bridgehead atoms. The maximum absolute atomic E-state index is 14.2. The fourth-order valence-corrected chi connectivity index (χ4v) is 3.95. The van der Waals surface area contributed by atoms with E-state index in [1.54, 1.807) is 6.07 Å². The quantitative estimate of drug-likeness (QED) is 0.491. The third-order valence-electron chi connectivity index (χ3n) is 4.58. The summed E-state index contributed by atoms with van der Waals surface area (Å²) in [5, 5.41) is 2.93. The Bertz CT molecular complexity index is 1020. The molecule has 0 saturated heterocycles. The molecule has 0 spiro atoms. The van der Waals surface area contributed by atoms with Crippen LogP contribution in [0.3, 0.4) is 0 Å². The Balaban J connectivity index is 1.70. The zero-order chi connectivity index (χ0) is 22.6.